The summed E-state index contributed by atoms with van der Waals surface area (Å²) in [6, 6.07) is 5.54. The van der Waals surface area contributed by atoms with E-state index >= 15 is 0 Å². The second kappa shape index (κ2) is 1.45. The first-order chi connectivity index (χ1) is 4.95. The summed E-state index contributed by atoms with van der Waals surface area (Å²) in [6.07, 6.45) is 5.25. The maximum atomic E-state index is 3.35. The highest BCUT2D eigenvalue weighted by atomic mass is 14.3. The molecule has 1 aromatic rings. The van der Waals surface area contributed by atoms with Crippen molar-refractivity contribution < 1.29 is 0 Å². The van der Waals surface area contributed by atoms with Crippen molar-refractivity contribution in [2.45, 2.75) is 25.7 Å². The second-order valence-corrected chi connectivity index (χ2v) is 3.25. The van der Waals surface area contributed by atoms with Crippen molar-refractivity contribution in [2.75, 3.05) is 0 Å². The molecule has 10 heavy (non-hydrogen) atoms. The van der Waals surface area contributed by atoms with E-state index in [1.54, 1.807) is 16.7 Å². The van der Waals surface area contributed by atoms with Crippen LogP contribution in [0.2, 0.25) is 0 Å². The lowest BCUT2D eigenvalue weighted by Gasteiger charge is -2.29. The molecule has 0 saturated heterocycles. The molecule has 1 aromatic carbocycles. The standard InChI is InChI=1S/C10H9/c1-2-8-4-6-10(8)9-5-3-7(1)9/h1H,3-6H2. The van der Waals surface area contributed by atoms with E-state index in [9.17, 15) is 0 Å². The number of rotatable bonds is 0. The maximum Gasteiger partial charge on any atom is -0.0143 e. The average molecular weight is 129 g/mol. The fourth-order valence-corrected chi connectivity index (χ4v) is 1.94. The molecule has 0 heteroatoms. The molecular weight excluding hydrogens is 120 g/mol. The van der Waals surface area contributed by atoms with Crippen LogP contribution in [0.25, 0.3) is 0 Å². The van der Waals surface area contributed by atoms with Gasteiger partial charge in [0.2, 0.25) is 0 Å². The Morgan fingerprint density at radius 1 is 1.00 bits per heavy atom. The zero-order chi connectivity index (χ0) is 6.55. The Morgan fingerprint density at radius 2 is 1.90 bits per heavy atom. The minimum Gasteiger partial charge on any atom is -0.0506 e. The van der Waals surface area contributed by atoms with Gasteiger partial charge in [-0.25, -0.2) is 0 Å². The predicted octanol–water partition coefficient (Wildman–Crippen LogP) is 1.68. The highest BCUT2D eigenvalue weighted by Crippen LogP contribution is 2.34. The van der Waals surface area contributed by atoms with Gasteiger partial charge >= 0.3 is 0 Å². The summed E-state index contributed by atoms with van der Waals surface area (Å²) in [7, 11) is 0. The van der Waals surface area contributed by atoms with Gasteiger partial charge in [0.15, 0.2) is 0 Å². The van der Waals surface area contributed by atoms with Crippen LogP contribution in [0.1, 0.15) is 22.3 Å². The fraction of sp³-hybridized carbons (Fsp3) is 0.400. The number of fused-ring (bicyclic) bond motifs is 3. The van der Waals surface area contributed by atoms with Crippen LogP contribution < -0.4 is 0 Å². The SMILES string of the molecule is [c]1cc2c(c3c1CC3)CC2. The molecule has 0 aromatic heterocycles. The molecule has 1 radical (unpaired) electrons. The molecule has 0 saturated carbocycles. The Hall–Kier alpha value is -0.780. The molecule has 0 atom stereocenters. The van der Waals surface area contributed by atoms with Crippen molar-refractivity contribution in [3.63, 3.8) is 0 Å². The van der Waals surface area contributed by atoms with Crippen LogP contribution in [-0.4, -0.2) is 0 Å². The first kappa shape index (κ1) is 4.95. The molecule has 0 unspecified atom stereocenters. The third-order valence-corrected chi connectivity index (χ3v) is 2.81. The highest BCUT2D eigenvalue weighted by molar-refractivity contribution is 5.50. The summed E-state index contributed by atoms with van der Waals surface area (Å²) in [5.41, 5.74) is 6.38. The fourth-order valence-electron chi connectivity index (χ4n) is 1.94. The quantitative estimate of drug-likeness (QED) is 0.500. The normalized spacial score (nSPS) is 18.4. The third kappa shape index (κ3) is 0.406. The van der Waals surface area contributed by atoms with Crippen molar-refractivity contribution in [1.82, 2.24) is 0 Å². The lowest BCUT2D eigenvalue weighted by Crippen LogP contribution is -2.20. The minimum absolute atomic E-state index is 1.28. The molecular formula is C10H9. The van der Waals surface area contributed by atoms with Crippen molar-refractivity contribution in [3.05, 3.63) is 34.4 Å². The van der Waals surface area contributed by atoms with E-state index < -0.39 is 0 Å². The Kier molecular flexibility index (Phi) is 0.715. The first-order valence-corrected chi connectivity index (χ1v) is 3.99. The number of hydrogen-bond acceptors (Lipinski definition) is 0. The summed E-state index contributed by atoms with van der Waals surface area (Å²) in [6.45, 7) is 0. The average Bonchev–Trinajstić information content (AvgIpc) is 1.84. The van der Waals surface area contributed by atoms with Gasteiger partial charge in [-0.15, -0.1) is 0 Å². The first-order valence-electron chi connectivity index (χ1n) is 3.99. The topological polar surface area (TPSA) is 0 Å². The zero-order valence-corrected chi connectivity index (χ0v) is 5.91. The van der Waals surface area contributed by atoms with Crippen molar-refractivity contribution >= 4 is 0 Å². The molecule has 0 heterocycles. The summed E-state index contributed by atoms with van der Waals surface area (Å²) in [5.74, 6) is 0. The second-order valence-electron chi connectivity index (χ2n) is 3.25. The molecule has 0 amide bonds. The summed E-state index contributed by atoms with van der Waals surface area (Å²) >= 11 is 0. The van der Waals surface area contributed by atoms with Gasteiger partial charge in [0.05, 0.1) is 0 Å². The summed E-state index contributed by atoms with van der Waals surface area (Å²) in [4.78, 5) is 0. The van der Waals surface area contributed by atoms with Gasteiger partial charge in [0.1, 0.15) is 0 Å². The van der Waals surface area contributed by atoms with E-state index in [1.165, 1.54) is 31.2 Å². The van der Waals surface area contributed by atoms with Crippen LogP contribution in [0.4, 0.5) is 0 Å². The third-order valence-electron chi connectivity index (χ3n) is 2.81. The number of aryl methyl sites for hydroxylation is 2. The molecule has 0 aliphatic heterocycles. The Bertz CT molecular complexity index is 266. The van der Waals surface area contributed by atoms with Crippen LogP contribution in [-0.2, 0) is 25.7 Å². The van der Waals surface area contributed by atoms with Crippen molar-refractivity contribution in [3.8, 4) is 0 Å². The van der Waals surface area contributed by atoms with Crippen LogP contribution in [0.5, 0.6) is 0 Å². The molecule has 0 fully saturated rings. The monoisotopic (exact) mass is 129 g/mol. The number of benzene rings is 1. The molecule has 49 valence electrons. The molecule has 0 nitrogen and oxygen atoms in total. The van der Waals surface area contributed by atoms with E-state index in [-0.39, 0.29) is 0 Å². The van der Waals surface area contributed by atoms with E-state index in [0.29, 0.717) is 0 Å². The van der Waals surface area contributed by atoms with Crippen LogP contribution in [0.3, 0.4) is 0 Å². The summed E-state index contributed by atoms with van der Waals surface area (Å²) < 4.78 is 0. The molecule has 2 aliphatic rings. The van der Waals surface area contributed by atoms with E-state index in [4.69, 9.17) is 0 Å². The van der Waals surface area contributed by atoms with E-state index in [1.807, 2.05) is 0 Å². The van der Waals surface area contributed by atoms with Crippen LogP contribution in [0.15, 0.2) is 6.07 Å². The highest BCUT2D eigenvalue weighted by Gasteiger charge is 2.23. The van der Waals surface area contributed by atoms with E-state index in [0.717, 1.165) is 0 Å². The Morgan fingerprint density at radius 3 is 2.40 bits per heavy atom. The van der Waals surface area contributed by atoms with Gasteiger partial charge in [-0.05, 0) is 54.0 Å². The minimum atomic E-state index is 1.28. The van der Waals surface area contributed by atoms with Gasteiger partial charge in [-0.3, -0.25) is 0 Å². The Labute approximate surface area is 60.9 Å². The van der Waals surface area contributed by atoms with Crippen LogP contribution >= 0.6 is 0 Å². The number of hydrogen-bond donors (Lipinski definition) is 0. The molecule has 3 rings (SSSR count). The van der Waals surface area contributed by atoms with Gasteiger partial charge < -0.3 is 0 Å². The van der Waals surface area contributed by atoms with Gasteiger partial charge in [0, 0.05) is 0 Å². The van der Waals surface area contributed by atoms with Crippen molar-refractivity contribution in [1.29, 1.82) is 0 Å². The predicted molar refractivity (Wildman–Crippen MR) is 40.1 cm³/mol. The van der Waals surface area contributed by atoms with Gasteiger partial charge in [-0.1, -0.05) is 6.07 Å². The molecule has 2 aliphatic carbocycles. The zero-order valence-electron chi connectivity index (χ0n) is 5.91. The largest absolute Gasteiger partial charge is 0.0506 e. The van der Waals surface area contributed by atoms with Gasteiger partial charge in [0.25, 0.3) is 0 Å². The van der Waals surface area contributed by atoms with Crippen LogP contribution in [0, 0.1) is 6.07 Å². The smallest absolute Gasteiger partial charge is 0.0143 e. The maximum absolute atomic E-state index is 3.35. The molecule has 0 N–H and O–H groups in total. The lowest BCUT2D eigenvalue weighted by molar-refractivity contribution is 0.740. The molecule has 0 bridgehead atoms. The van der Waals surface area contributed by atoms with Crippen molar-refractivity contribution in [2.24, 2.45) is 0 Å². The van der Waals surface area contributed by atoms with Gasteiger partial charge in [-0.2, -0.15) is 0 Å². The molecule has 0 spiro atoms. The lowest BCUT2D eigenvalue weighted by atomic mass is 9.75. The van der Waals surface area contributed by atoms with E-state index in [2.05, 4.69) is 12.1 Å². The summed E-state index contributed by atoms with van der Waals surface area (Å²) in [5, 5.41) is 0. The Balaban J connectivity index is 2.34.